The molecule has 5 atom stereocenters. The van der Waals surface area contributed by atoms with Crippen LogP contribution in [0.25, 0.3) is 0 Å². The van der Waals surface area contributed by atoms with E-state index in [0.29, 0.717) is 12.8 Å². The van der Waals surface area contributed by atoms with Crippen LogP contribution in [-0.4, -0.2) is 75.0 Å². The molecule has 0 amide bonds. The van der Waals surface area contributed by atoms with Gasteiger partial charge in [0, 0.05) is 17.7 Å². The maximum absolute atomic E-state index is 10.2. The number of aromatic nitrogens is 2. The number of hydrogen-bond acceptors (Lipinski definition) is 8. The van der Waals surface area contributed by atoms with Crippen molar-refractivity contribution < 1.29 is 34.6 Å². The van der Waals surface area contributed by atoms with Crippen LogP contribution in [0.5, 0.6) is 11.6 Å². The van der Waals surface area contributed by atoms with Crippen LogP contribution in [0.2, 0.25) is 0 Å². The summed E-state index contributed by atoms with van der Waals surface area (Å²) in [6, 6.07) is 7.59. The lowest BCUT2D eigenvalue weighted by Crippen LogP contribution is -2.60. The summed E-state index contributed by atoms with van der Waals surface area (Å²) in [4.78, 5) is 0. The Labute approximate surface area is 162 Å². The number of methoxy groups -OCH3 is 1. The highest BCUT2D eigenvalue weighted by Crippen LogP contribution is 2.28. The highest BCUT2D eigenvalue weighted by molar-refractivity contribution is 5.38. The molecule has 1 aliphatic heterocycles. The van der Waals surface area contributed by atoms with Crippen LogP contribution < -0.4 is 9.47 Å². The molecule has 9 nitrogen and oxygen atoms in total. The molecule has 28 heavy (non-hydrogen) atoms. The van der Waals surface area contributed by atoms with Crippen LogP contribution in [-0.2, 0) is 17.6 Å². The standard InChI is InChI=1S/C19H26N2O7/c1-3-13-12(8-10-4-6-11(26-2)7-5-10)18(21-20-13)28-19-17(25)16(24)15(23)14(9-22)27-19/h4-7,14-17,19,22-25H,3,8-9H2,1-2H3,(H,20,21)/t14-,15-,16+,17-,19+/m1/s1. The van der Waals surface area contributed by atoms with E-state index in [4.69, 9.17) is 14.2 Å². The van der Waals surface area contributed by atoms with Gasteiger partial charge < -0.3 is 34.6 Å². The van der Waals surface area contributed by atoms with Crippen molar-refractivity contribution in [2.24, 2.45) is 0 Å². The fourth-order valence-corrected chi connectivity index (χ4v) is 3.18. The number of aryl methyl sites for hydroxylation is 1. The van der Waals surface area contributed by atoms with E-state index in [1.807, 2.05) is 31.2 Å². The molecule has 5 N–H and O–H groups in total. The first kappa shape index (κ1) is 20.6. The summed E-state index contributed by atoms with van der Waals surface area (Å²) in [6.07, 6.45) is -5.55. The van der Waals surface area contributed by atoms with Crippen molar-refractivity contribution in [2.45, 2.75) is 50.5 Å². The molecule has 1 aromatic carbocycles. The quantitative estimate of drug-likeness (QED) is 0.434. The van der Waals surface area contributed by atoms with Crippen molar-refractivity contribution >= 4 is 0 Å². The highest BCUT2D eigenvalue weighted by atomic mass is 16.7. The molecular weight excluding hydrogens is 368 g/mol. The lowest BCUT2D eigenvalue weighted by molar-refractivity contribution is -0.278. The monoisotopic (exact) mass is 394 g/mol. The first-order chi connectivity index (χ1) is 13.5. The van der Waals surface area contributed by atoms with Crippen LogP contribution in [0.1, 0.15) is 23.7 Å². The molecule has 0 saturated carbocycles. The predicted molar refractivity (Wildman–Crippen MR) is 98.2 cm³/mol. The van der Waals surface area contributed by atoms with E-state index in [9.17, 15) is 20.4 Å². The minimum atomic E-state index is -1.51. The molecule has 0 bridgehead atoms. The Kier molecular flexibility index (Phi) is 6.53. The molecule has 0 aliphatic carbocycles. The molecule has 1 aromatic heterocycles. The first-order valence-corrected chi connectivity index (χ1v) is 9.14. The summed E-state index contributed by atoms with van der Waals surface area (Å²) in [5, 5.41) is 46.4. The van der Waals surface area contributed by atoms with Crippen molar-refractivity contribution in [2.75, 3.05) is 13.7 Å². The molecular formula is C19H26N2O7. The van der Waals surface area contributed by atoms with E-state index in [0.717, 1.165) is 22.6 Å². The summed E-state index contributed by atoms with van der Waals surface area (Å²) in [7, 11) is 1.60. The smallest absolute Gasteiger partial charge is 0.238 e. The van der Waals surface area contributed by atoms with Crippen molar-refractivity contribution in [3.05, 3.63) is 41.1 Å². The minimum Gasteiger partial charge on any atom is -0.497 e. The molecule has 154 valence electrons. The van der Waals surface area contributed by atoms with Gasteiger partial charge >= 0.3 is 0 Å². The number of benzene rings is 1. The summed E-state index contributed by atoms with van der Waals surface area (Å²) in [6.45, 7) is 1.45. The second kappa shape index (κ2) is 8.89. The van der Waals surface area contributed by atoms with Gasteiger partial charge in [0.1, 0.15) is 30.2 Å². The average Bonchev–Trinajstić information content (AvgIpc) is 3.10. The molecule has 0 radical (unpaired) electrons. The molecule has 1 aliphatic rings. The van der Waals surface area contributed by atoms with Crippen molar-refractivity contribution in [1.82, 2.24) is 10.2 Å². The number of H-pyrrole nitrogens is 1. The van der Waals surface area contributed by atoms with E-state index >= 15 is 0 Å². The highest BCUT2D eigenvalue weighted by Gasteiger charge is 2.45. The third kappa shape index (κ3) is 4.13. The molecule has 0 spiro atoms. The molecule has 2 aromatic rings. The van der Waals surface area contributed by atoms with Gasteiger partial charge in [0.2, 0.25) is 12.2 Å². The zero-order valence-electron chi connectivity index (χ0n) is 15.8. The predicted octanol–water partition coefficient (Wildman–Crippen LogP) is -0.250. The van der Waals surface area contributed by atoms with Crippen molar-refractivity contribution in [3.63, 3.8) is 0 Å². The molecule has 1 fully saturated rings. The van der Waals surface area contributed by atoms with Gasteiger partial charge in [-0.2, -0.15) is 0 Å². The Hall–Kier alpha value is -2.17. The normalized spacial score (nSPS) is 27.6. The number of nitrogens with zero attached hydrogens (tertiary/aromatic N) is 1. The van der Waals surface area contributed by atoms with Gasteiger partial charge in [-0.25, -0.2) is 0 Å². The van der Waals surface area contributed by atoms with Gasteiger partial charge in [-0.1, -0.05) is 19.1 Å². The van der Waals surface area contributed by atoms with Crippen LogP contribution in [0.3, 0.4) is 0 Å². The third-order valence-corrected chi connectivity index (χ3v) is 4.88. The maximum atomic E-state index is 10.2. The number of aliphatic hydroxyl groups excluding tert-OH is 4. The van der Waals surface area contributed by atoms with E-state index in [2.05, 4.69) is 10.2 Å². The summed E-state index contributed by atoms with van der Waals surface area (Å²) < 4.78 is 16.3. The fraction of sp³-hybridized carbons (Fsp3) is 0.526. The first-order valence-electron chi connectivity index (χ1n) is 9.14. The number of ether oxygens (including phenoxy) is 3. The van der Waals surface area contributed by atoms with Crippen LogP contribution >= 0.6 is 0 Å². The van der Waals surface area contributed by atoms with Gasteiger partial charge in [0.05, 0.1) is 13.7 Å². The Balaban J connectivity index is 1.81. The summed E-state index contributed by atoms with van der Waals surface area (Å²) in [5.74, 6) is 0.987. The second-order valence-corrected chi connectivity index (χ2v) is 6.68. The zero-order valence-corrected chi connectivity index (χ0v) is 15.8. The largest absolute Gasteiger partial charge is 0.497 e. The number of aromatic amines is 1. The fourth-order valence-electron chi connectivity index (χ4n) is 3.18. The van der Waals surface area contributed by atoms with Crippen molar-refractivity contribution in [3.8, 4) is 11.6 Å². The topological polar surface area (TPSA) is 137 Å². The molecule has 9 heteroatoms. The van der Waals surface area contributed by atoms with Gasteiger partial charge in [0.15, 0.2) is 0 Å². The maximum Gasteiger partial charge on any atom is 0.238 e. The number of nitrogens with one attached hydrogen (secondary N) is 1. The Morgan fingerprint density at radius 1 is 1.11 bits per heavy atom. The molecule has 0 unspecified atom stereocenters. The minimum absolute atomic E-state index is 0.233. The van der Waals surface area contributed by atoms with Crippen LogP contribution in [0.15, 0.2) is 24.3 Å². The van der Waals surface area contributed by atoms with Gasteiger partial charge in [-0.3, -0.25) is 5.10 Å². The molecule has 2 heterocycles. The summed E-state index contributed by atoms with van der Waals surface area (Å²) >= 11 is 0. The molecule has 1 saturated heterocycles. The second-order valence-electron chi connectivity index (χ2n) is 6.68. The van der Waals surface area contributed by atoms with E-state index < -0.39 is 37.3 Å². The van der Waals surface area contributed by atoms with E-state index in [1.54, 1.807) is 7.11 Å². The lowest BCUT2D eigenvalue weighted by atomic mass is 9.99. The van der Waals surface area contributed by atoms with E-state index in [-0.39, 0.29) is 5.88 Å². The number of aliphatic hydroxyl groups is 4. The third-order valence-electron chi connectivity index (χ3n) is 4.88. The van der Waals surface area contributed by atoms with Gasteiger partial charge in [0.25, 0.3) is 0 Å². The lowest BCUT2D eigenvalue weighted by Gasteiger charge is -2.39. The average molecular weight is 394 g/mol. The van der Waals surface area contributed by atoms with Crippen LogP contribution in [0, 0.1) is 0 Å². The number of rotatable bonds is 7. The zero-order chi connectivity index (χ0) is 20.3. The van der Waals surface area contributed by atoms with Crippen LogP contribution in [0.4, 0.5) is 0 Å². The van der Waals surface area contributed by atoms with Gasteiger partial charge in [-0.15, -0.1) is 5.10 Å². The van der Waals surface area contributed by atoms with E-state index in [1.165, 1.54) is 0 Å². The Bertz CT molecular complexity index is 762. The summed E-state index contributed by atoms with van der Waals surface area (Å²) in [5.41, 5.74) is 2.68. The SMILES string of the molecule is CCc1[nH]nc(O[C@@H]2O[C@H](CO)[C@@H](O)[C@H](O)[C@H]2O)c1Cc1ccc(OC)cc1. The van der Waals surface area contributed by atoms with Crippen molar-refractivity contribution in [1.29, 1.82) is 0 Å². The molecule has 3 rings (SSSR count). The number of hydrogen-bond donors (Lipinski definition) is 5. The Morgan fingerprint density at radius 3 is 2.43 bits per heavy atom. The Morgan fingerprint density at radius 2 is 1.82 bits per heavy atom. The van der Waals surface area contributed by atoms with Gasteiger partial charge in [-0.05, 0) is 24.1 Å².